The van der Waals surface area contributed by atoms with Gasteiger partial charge in [0.15, 0.2) is 5.82 Å². The van der Waals surface area contributed by atoms with Crippen LogP contribution in [0.3, 0.4) is 0 Å². The van der Waals surface area contributed by atoms with Gasteiger partial charge < -0.3 is 14.4 Å². The Kier molecular flexibility index (Phi) is 3.79. The van der Waals surface area contributed by atoms with Gasteiger partial charge in [0.1, 0.15) is 5.75 Å². The molecule has 0 fully saturated rings. The fourth-order valence-corrected chi connectivity index (χ4v) is 1.70. The SMILES string of the molecule is COc1ccc(-c2nc(CCC(=O)O)no2)cc1C. The second-order valence-electron chi connectivity index (χ2n) is 4.09. The molecule has 0 aliphatic rings. The number of nitrogens with zero attached hydrogens (tertiary/aromatic N) is 2. The smallest absolute Gasteiger partial charge is 0.303 e. The van der Waals surface area contributed by atoms with E-state index in [9.17, 15) is 4.79 Å². The molecule has 0 atom stereocenters. The number of hydrogen-bond donors (Lipinski definition) is 1. The van der Waals surface area contributed by atoms with Crippen molar-refractivity contribution in [1.82, 2.24) is 10.1 Å². The number of aryl methyl sites for hydroxylation is 2. The van der Waals surface area contributed by atoms with Gasteiger partial charge >= 0.3 is 5.97 Å². The lowest BCUT2D eigenvalue weighted by Crippen LogP contribution is -1.98. The number of hydrogen-bond acceptors (Lipinski definition) is 5. The van der Waals surface area contributed by atoms with Gasteiger partial charge in [-0.3, -0.25) is 4.79 Å². The molecule has 0 amide bonds. The number of benzene rings is 1. The zero-order valence-electron chi connectivity index (χ0n) is 10.7. The standard InChI is InChI=1S/C13H14N2O4/c1-8-7-9(3-4-10(8)18-2)13-14-11(15-19-13)5-6-12(16)17/h3-4,7H,5-6H2,1-2H3,(H,16,17). The molecular formula is C13H14N2O4. The Balaban J connectivity index is 2.18. The van der Waals surface area contributed by atoms with Crippen molar-refractivity contribution in [2.75, 3.05) is 7.11 Å². The lowest BCUT2D eigenvalue weighted by atomic mass is 10.1. The summed E-state index contributed by atoms with van der Waals surface area (Å²) in [6.07, 6.45) is 0.245. The van der Waals surface area contributed by atoms with Gasteiger partial charge in [-0.2, -0.15) is 4.98 Å². The van der Waals surface area contributed by atoms with E-state index in [-0.39, 0.29) is 12.8 Å². The minimum absolute atomic E-state index is 0.0133. The summed E-state index contributed by atoms with van der Waals surface area (Å²) in [5.74, 6) is 0.679. The van der Waals surface area contributed by atoms with Crippen LogP contribution in [-0.4, -0.2) is 28.3 Å². The van der Waals surface area contributed by atoms with E-state index in [1.54, 1.807) is 7.11 Å². The molecule has 2 rings (SSSR count). The molecule has 1 aromatic carbocycles. The van der Waals surface area contributed by atoms with Crippen molar-refractivity contribution in [3.8, 4) is 17.2 Å². The van der Waals surface area contributed by atoms with E-state index in [1.165, 1.54) is 0 Å². The first-order valence-corrected chi connectivity index (χ1v) is 5.79. The molecule has 1 aromatic heterocycles. The molecule has 2 aromatic rings. The number of ether oxygens (including phenoxy) is 1. The highest BCUT2D eigenvalue weighted by molar-refractivity contribution is 5.66. The summed E-state index contributed by atoms with van der Waals surface area (Å²) < 4.78 is 10.3. The van der Waals surface area contributed by atoms with E-state index in [1.807, 2.05) is 25.1 Å². The maximum atomic E-state index is 10.5. The van der Waals surface area contributed by atoms with Crippen LogP contribution in [0.4, 0.5) is 0 Å². The molecule has 6 heteroatoms. The molecular weight excluding hydrogens is 248 g/mol. The molecule has 1 N–H and O–H groups in total. The van der Waals surface area contributed by atoms with Crippen molar-refractivity contribution in [2.24, 2.45) is 0 Å². The Morgan fingerprint density at radius 2 is 2.26 bits per heavy atom. The number of aromatic nitrogens is 2. The fraction of sp³-hybridized carbons (Fsp3) is 0.308. The highest BCUT2D eigenvalue weighted by Crippen LogP contribution is 2.24. The molecule has 0 spiro atoms. The van der Waals surface area contributed by atoms with Gasteiger partial charge in [-0.05, 0) is 30.7 Å². The van der Waals surface area contributed by atoms with Crippen LogP contribution in [-0.2, 0) is 11.2 Å². The molecule has 0 saturated heterocycles. The molecule has 0 aliphatic heterocycles. The number of carbonyl (C=O) groups is 1. The maximum Gasteiger partial charge on any atom is 0.303 e. The van der Waals surface area contributed by atoms with Crippen molar-refractivity contribution in [2.45, 2.75) is 19.8 Å². The Morgan fingerprint density at radius 1 is 1.47 bits per heavy atom. The number of rotatable bonds is 5. The average Bonchev–Trinajstić information content (AvgIpc) is 2.85. The summed E-state index contributed by atoms with van der Waals surface area (Å²) in [5.41, 5.74) is 1.75. The van der Waals surface area contributed by atoms with Crippen LogP contribution < -0.4 is 4.74 Å². The third kappa shape index (κ3) is 3.09. The van der Waals surface area contributed by atoms with Crippen molar-refractivity contribution in [3.05, 3.63) is 29.6 Å². The molecule has 0 bridgehead atoms. The van der Waals surface area contributed by atoms with E-state index in [2.05, 4.69) is 10.1 Å². The second kappa shape index (κ2) is 5.51. The first kappa shape index (κ1) is 13.1. The highest BCUT2D eigenvalue weighted by atomic mass is 16.5. The van der Waals surface area contributed by atoms with Gasteiger partial charge in [-0.1, -0.05) is 5.16 Å². The zero-order valence-corrected chi connectivity index (χ0v) is 10.7. The predicted molar refractivity (Wildman–Crippen MR) is 67.0 cm³/mol. The molecule has 0 aliphatic carbocycles. The van der Waals surface area contributed by atoms with Crippen LogP contribution in [0, 0.1) is 6.92 Å². The van der Waals surface area contributed by atoms with Gasteiger partial charge in [0.05, 0.1) is 13.5 Å². The van der Waals surface area contributed by atoms with Crippen LogP contribution in [0.5, 0.6) is 5.75 Å². The van der Waals surface area contributed by atoms with Gasteiger partial charge in [0, 0.05) is 12.0 Å². The van der Waals surface area contributed by atoms with E-state index in [0.29, 0.717) is 11.7 Å². The minimum atomic E-state index is -0.883. The van der Waals surface area contributed by atoms with Crippen LogP contribution in [0.25, 0.3) is 11.5 Å². The van der Waals surface area contributed by atoms with Crippen molar-refractivity contribution in [3.63, 3.8) is 0 Å². The van der Waals surface area contributed by atoms with Gasteiger partial charge in [0.25, 0.3) is 5.89 Å². The van der Waals surface area contributed by atoms with Crippen molar-refractivity contribution in [1.29, 1.82) is 0 Å². The maximum absolute atomic E-state index is 10.5. The quantitative estimate of drug-likeness (QED) is 0.887. The van der Waals surface area contributed by atoms with Crippen LogP contribution in [0.1, 0.15) is 17.8 Å². The Labute approximate surface area is 110 Å². The largest absolute Gasteiger partial charge is 0.496 e. The summed E-state index contributed by atoms with van der Waals surface area (Å²) in [4.78, 5) is 14.6. The van der Waals surface area contributed by atoms with E-state index >= 15 is 0 Å². The number of carboxylic acid groups (broad SMARTS) is 1. The first-order valence-electron chi connectivity index (χ1n) is 5.79. The third-order valence-corrected chi connectivity index (χ3v) is 2.67. The third-order valence-electron chi connectivity index (χ3n) is 2.67. The Hall–Kier alpha value is -2.37. The summed E-state index contributed by atoms with van der Waals surface area (Å²) in [6.45, 7) is 1.92. The first-order chi connectivity index (χ1) is 9.10. The molecule has 6 nitrogen and oxygen atoms in total. The van der Waals surface area contributed by atoms with E-state index < -0.39 is 5.97 Å². The minimum Gasteiger partial charge on any atom is -0.496 e. The van der Waals surface area contributed by atoms with E-state index in [4.69, 9.17) is 14.4 Å². The fourth-order valence-electron chi connectivity index (χ4n) is 1.70. The van der Waals surface area contributed by atoms with Crippen LogP contribution in [0.2, 0.25) is 0 Å². The topological polar surface area (TPSA) is 85.5 Å². The Morgan fingerprint density at radius 3 is 2.89 bits per heavy atom. The van der Waals surface area contributed by atoms with Crippen LogP contribution in [0.15, 0.2) is 22.7 Å². The van der Waals surface area contributed by atoms with Gasteiger partial charge in [-0.25, -0.2) is 0 Å². The van der Waals surface area contributed by atoms with Gasteiger partial charge in [0.2, 0.25) is 0 Å². The molecule has 0 saturated carbocycles. The summed E-state index contributed by atoms with van der Waals surface area (Å²) in [5, 5.41) is 12.3. The van der Waals surface area contributed by atoms with E-state index in [0.717, 1.165) is 16.9 Å². The Bertz CT molecular complexity index is 592. The monoisotopic (exact) mass is 262 g/mol. The van der Waals surface area contributed by atoms with Crippen molar-refractivity contribution < 1.29 is 19.2 Å². The normalized spacial score (nSPS) is 10.4. The lowest BCUT2D eigenvalue weighted by Gasteiger charge is -2.04. The highest BCUT2D eigenvalue weighted by Gasteiger charge is 2.11. The van der Waals surface area contributed by atoms with Gasteiger partial charge in [-0.15, -0.1) is 0 Å². The average molecular weight is 262 g/mol. The predicted octanol–water partition coefficient (Wildman–Crippen LogP) is 2.07. The lowest BCUT2D eigenvalue weighted by molar-refractivity contribution is -0.137. The molecule has 0 unspecified atom stereocenters. The summed E-state index contributed by atoms with van der Waals surface area (Å²) in [6, 6.07) is 5.53. The summed E-state index contributed by atoms with van der Waals surface area (Å²) >= 11 is 0. The number of carboxylic acids is 1. The molecule has 0 radical (unpaired) electrons. The molecule has 19 heavy (non-hydrogen) atoms. The number of aliphatic carboxylic acids is 1. The molecule has 1 heterocycles. The van der Waals surface area contributed by atoms with Crippen molar-refractivity contribution >= 4 is 5.97 Å². The second-order valence-corrected chi connectivity index (χ2v) is 4.09. The van der Waals surface area contributed by atoms with Crippen LogP contribution >= 0.6 is 0 Å². The summed E-state index contributed by atoms with van der Waals surface area (Å²) in [7, 11) is 1.61. The number of methoxy groups -OCH3 is 1. The zero-order chi connectivity index (χ0) is 13.8. The molecule has 100 valence electrons.